The van der Waals surface area contributed by atoms with Gasteiger partial charge in [0.05, 0.1) is 32.2 Å². The molecule has 8 nitrogen and oxygen atoms in total. The number of benzene rings is 1. The summed E-state index contributed by atoms with van der Waals surface area (Å²) in [4.78, 5) is 44.9. The summed E-state index contributed by atoms with van der Waals surface area (Å²) in [7, 11) is 1.30. The van der Waals surface area contributed by atoms with Crippen LogP contribution in [0.3, 0.4) is 0 Å². The fourth-order valence-electron chi connectivity index (χ4n) is 4.46. The smallest absolute Gasteiger partial charge is 0.328 e. The number of likely N-dealkylation sites (tertiary alicyclic amines) is 1. The second-order valence-electron chi connectivity index (χ2n) is 11.5. The first kappa shape index (κ1) is 28.2. The number of hydrogen-bond acceptors (Lipinski definition) is 7. The lowest BCUT2D eigenvalue weighted by molar-refractivity contribution is -0.162. The van der Waals surface area contributed by atoms with Crippen molar-refractivity contribution in [2.75, 3.05) is 13.7 Å². The molecule has 37 heavy (non-hydrogen) atoms. The molecule has 1 aromatic carbocycles. The first-order chi connectivity index (χ1) is 17.3. The molecular formula is C29H38N2O6. The fourth-order valence-corrected chi connectivity index (χ4v) is 4.46. The minimum atomic E-state index is -0.809. The molecule has 1 fully saturated rings. The summed E-state index contributed by atoms with van der Waals surface area (Å²) in [5.41, 5.74) is 0.707. The van der Waals surface area contributed by atoms with E-state index in [-0.39, 0.29) is 25.3 Å². The molecule has 0 unspecified atom stereocenters. The van der Waals surface area contributed by atoms with Gasteiger partial charge in [0.15, 0.2) is 0 Å². The minimum Gasteiger partial charge on any atom is -0.487 e. The van der Waals surface area contributed by atoms with Gasteiger partial charge in [-0.15, -0.1) is 0 Å². The number of ether oxygens (including phenoxy) is 3. The Labute approximate surface area is 219 Å². The topological polar surface area (TPSA) is 95.0 Å². The van der Waals surface area contributed by atoms with Crippen LogP contribution in [-0.4, -0.2) is 59.1 Å². The molecule has 0 saturated carbocycles. The third kappa shape index (κ3) is 7.54. The third-order valence-electron chi connectivity index (χ3n) is 6.28. The molecule has 1 aromatic heterocycles. The van der Waals surface area contributed by atoms with Gasteiger partial charge in [-0.05, 0) is 37.8 Å². The van der Waals surface area contributed by atoms with Crippen molar-refractivity contribution in [2.45, 2.75) is 72.1 Å². The number of hydrogen-bond donors (Lipinski definition) is 0. The molecule has 1 amide bonds. The molecule has 0 bridgehead atoms. The zero-order valence-electron chi connectivity index (χ0n) is 22.8. The lowest BCUT2D eigenvalue weighted by Gasteiger charge is -2.34. The Morgan fingerprint density at radius 2 is 1.70 bits per heavy atom. The van der Waals surface area contributed by atoms with Crippen LogP contribution < -0.4 is 4.74 Å². The summed E-state index contributed by atoms with van der Waals surface area (Å²) in [5, 5.41) is 0. The van der Waals surface area contributed by atoms with Crippen molar-refractivity contribution in [3.05, 3.63) is 48.8 Å². The molecule has 0 spiro atoms. The van der Waals surface area contributed by atoms with Crippen LogP contribution in [0.25, 0.3) is 11.1 Å². The fraction of sp³-hybridized carbons (Fsp3) is 0.517. The van der Waals surface area contributed by atoms with E-state index < -0.39 is 41.0 Å². The second-order valence-corrected chi connectivity index (χ2v) is 11.5. The van der Waals surface area contributed by atoms with Gasteiger partial charge in [-0.2, -0.15) is 0 Å². The maximum atomic E-state index is 13.8. The summed E-state index contributed by atoms with van der Waals surface area (Å²) in [6, 6.07) is 10.9. The first-order valence-electron chi connectivity index (χ1n) is 12.6. The van der Waals surface area contributed by atoms with Gasteiger partial charge in [0, 0.05) is 18.2 Å². The Balaban J connectivity index is 1.81. The summed E-state index contributed by atoms with van der Waals surface area (Å²) in [6.45, 7) is 11.3. The summed E-state index contributed by atoms with van der Waals surface area (Å²) >= 11 is 0. The number of methoxy groups -OCH3 is 1. The van der Waals surface area contributed by atoms with Crippen LogP contribution in [-0.2, 0) is 23.9 Å². The monoisotopic (exact) mass is 510 g/mol. The number of carbonyl (C=O) groups is 3. The van der Waals surface area contributed by atoms with Crippen molar-refractivity contribution in [2.24, 2.45) is 11.3 Å². The van der Waals surface area contributed by atoms with Gasteiger partial charge in [0.25, 0.3) is 0 Å². The number of pyridine rings is 1. The molecule has 0 radical (unpaired) electrons. The third-order valence-corrected chi connectivity index (χ3v) is 6.28. The van der Waals surface area contributed by atoms with Gasteiger partial charge in [0.1, 0.15) is 23.5 Å². The maximum Gasteiger partial charge on any atom is 0.328 e. The van der Waals surface area contributed by atoms with Crippen LogP contribution in [0.5, 0.6) is 5.75 Å². The lowest BCUT2D eigenvalue weighted by Crippen LogP contribution is -2.48. The van der Waals surface area contributed by atoms with E-state index >= 15 is 0 Å². The van der Waals surface area contributed by atoms with Crippen LogP contribution >= 0.6 is 0 Å². The number of esters is 2. The van der Waals surface area contributed by atoms with Crippen LogP contribution in [0.1, 0.15) is 54.4 Å². The van der Waals surface area contributed by atoms with E-state index in [4.69, 9.17) is 14.2 Å². The number of aromatic nitrogens is 1. The molecule has 3 rings (SSSR count). The predicted molar refractivity (Wildman–Crippen MR) is 140 cm³/mol. The zero-order valence-corrected chi connectivity index (χ0v) is 22.8. The highest BCUT2D eigenvalue weighted by molar-refractivity contribution is 5.89. The minimum absolute atomic E-state index is 0.0848. The zero-order chi connectivity index (χ0) is 27.4. The first-order valence-corrected chi connectivity index (χ1v) is 12.6. The van der Waals surface area contributed by atoms with Crippen LogP contribution in [0.4, 0.5) is 0 Å². The van der Waals surface area contributed by atoms with Crippen LogP contribution in [0.15, 0.2) is 48.8 Å². The van der Waals surface area contributed by atoms with E-state index in [1.807, 2.05) is 57.2 Å². The second kappa shape index (κ2) is 11.3. The molecule has 1 saturated heterocycles. The highest BCUT2D eigenvalue weighted by Gasteiger charge is 2.46. The normalized spacial score (nSPS) is 18.7. The number of nitrogens with zero attached hydrogens (tertiary/aromatic N) is 2. The molecule has 2 heterocycles. The van der Waals surface area contributed by atoms with Gasteiger partial charge in [-0.3, -0.25) is 14.6 Å². The Bertz CT molecular complexity index is 1100. The molecule has 0 aliphatic carbocycles. The quantitative estimate of drug-likeness (QED) is 0.500. The van der Waals surface area contributed by atoms with Crippen molar-refractivity contribution >= 4 is 17.8 Å². The average Bonchev–Trinajstić information content (AvgIpc) is 3.24. The van der Waals surface area contributed by atoms with E-state index in [1.165, 1.54) is 12.0 Å². The molecule has 1 aliphatic heterocycles. The summed E-state index contributed by atoms with van der Waals surface area (Å²) < 4.78 is 16.7. The van der Waals surface area contributed by atoms with Crippen molar-refractivity contribution < 1.29 is 28.6 Å². The average molecular weight is 511 g/mol. The van der Waals surface area contributed by atoms with Crippen LogP contribution in [0.2, 0.25) is 0 Å². The molecule has 1 aliphatic rings. The molecular weight excluding hydrogens is 472 g/mol. The van der Waals surface area contributed by atoms with Crippen molar-refractivity contribution in [1.29, 1.82) is 0 Å². The molecule has 200 valence electrons. The van der Waals surface area contributed by atoms with Gasteiger partial charge in [-0.25, -0.2) is 4.79 Å². The summed E-state index contributed by atoms with van der Waals surface area (Å²) in [6.07, 6.45) is 3.12. The highest BCUT2D eigenvalue weighted by Crippen LogP contribution is 2.35. The molecule has 8 heteroatoms. The van der Waals surface area contributed by atoms with E-state index in [0.29, 0.717) is 5.75 Å². The lowest BCUT2D eigenvalue weighted by atomic mass is 9.77. The largest absolute Gasteiger partial charge is 0.487 e. The molecule has 2 aromatic rings. The van der Waals surface area contributed by atoms with Crippen molar-refractivity contribution in [1.82, 2.24) is 9.88 Å². The Hall–Kier alpha value is -3.42. The molecule has 0 N–H and O–H groups in total. The van der Waals surface area contributed by atoms with E-state index in [9.17, 15) is 14.4 Å². The SMILES string of the molecule is COC(=O)[C@@H]1C[C@@H](Oc2cncc(-c3ccccc3)c2)CN1C(=O)[C@@H](CC(=O)OC(C)(C)C)C(C)(C)C. The van der Waals surface area contributed by atoms with Crippen molar-refractivity contribution in [3.63, 3.8) is 0 Å². The Kier molecular flexibility index (Phi) is 8.61. The maximum absolute atomic E-state index is 13.8. The predicted octanol–water partition coefficient (Wildman–Crippen LogP) is 4.66. The number of amides is 1. The Morgan fingerprint density at radius 1 is 1.03 bits per heavy atom. The number of carbonyl (C=O) groups excluding carboxylic acids is 3. The number of rotatable bonds is 7. The highest BCUT2D eigenvalue weighted by atomic mass is 16.6. The van der Waals surface area contributed by atoms with Crippen molar-refractivity contribution in [3.8, 4) is 16.9 Å². The molecule has 3 atom stereocenters. The van der Waals surface area contributed by atoms with Crippen LogP contribution in [0, 0.1) is 11.3 Å². The van der Waals surface area contributed by atoms with Gasteiger partial charge < -0.3 is 19.1 Å². The van der Waals surface area contributed by atoms with Gasteiger partial charge >= 0.3 is 11.9 Å². The summed E-state index contributed by atoms with van der Waals surface area (Å²) in [5.74, 6) is -1.40. The van der Waals surface area contributed by atoms with E-state index in [1.54, 1.807) is 33.2 Å². The van der Waals surface area contributed by atoms with E-state index in [2.05, 4.69) is 4.98 Å². The standard InChI is InChI=1S/C29H38N2O6/c1-28(2,3)23(15-25(32)37-29(4,5)6)26(33)31-18-22(14-24(31)27(34)35-7)36-21-13-20(16-30-17-21)19-11-9-8-10-12-19/h8-13,16-17,22-24H,14-15,18H2,1-7H3/t22-,23-,24+/m1/s1. The van der Waals surface area contributed by atoms with E-state index in [0.717, 1.165) is 11.1 Å². The van der Waals surface area contributed by atoms with Gasteiger partial charge in [-0.1, -0.05) is 51.1 Å². The van der Waals surface area contributed by atoms with Gasteiger partial charge in [0.2, 0.25) is 5.91 Å². The Morgan fingerprint density at radius 3 is 2.30 bits per heavy atom.